The number of carbonyl (C=O) groups is 1. The molecule has 0 saturated heterocycles. The van der Waals surface area contributed by atoms with E-state index in [1.807, 2.05) is 0 Å². The molecule has 0 unspecified atom stereocenters. The summed E-state index contributed by atoms with van der Waals surface area (Å²) < 4.78 is 26.2. The number of sulfonamides is 1. The van der Waals surface area contributed by atoms with E-state index in [4.69, 9.17) is 16.7 Å². The molecule has 0 saturated carbocycles. The van der Waals surface area contributed by atoms with Crippen molar-refractivity contribution >= 4 is 27.6 Å². The summed E-state index contributed by atoms with van der Waals surface area (Å²) >= 11 is 5.85. The highest BCUT2D eigenvalue weighted by molar-refractivity contribution is 7.89. The molecule has 0 atom stereocenters. The van der Waals surface area contributed by atoms with E-state index in [2.05, 4.69) is 4.72 Å². The van der Waals surface area contributed by atoms with Crippen LogP contribution in [0.25, 0.3) is 0 Å². The van der Waals surface area contributed by atoms with Crippen LogP contribution in [0.15, 0.2) is 23.1 Å². The Balaban J connectivity index is 2.75. The van der Waals surface area contributed by atoms with Gasteiger partial charge >= 0.3 is 5.97 Å². The Labute approximate surface area is 111 Å². The summed E-state index contributed by atoms with van der Waals surface area (Å²) in [6.07, 6.45) is 0.172. The van der Waals surface area contributed by atoms with Gasteiger partial charge in [0.2, 0.25) is 10.0 Å². The van der Waals surface area contributed by atoms with Gasteiger partial charge in [0.05, 0.1) is 4.90 Å². The van der Waals surface area contributed by atoms with E-state index in [0.29, 0.717) is 10.6 Å². The van der Waals surface area contributed by atoms with E-state index in [9.17, 15) is 13.2 Å². The van der Waals surface area contributed by atoms with Crippen molar-refractivity contribution in [3.63, 3.8) is 0 Å². The van der Waals surface area contributed by atoms with Gasteiger partial charge in [-0.15, -0.1) is 0 Å². The first-order valence-corrected chi connectivity index (χ1v) is 7.17. The molecule has 0 aliphatic rings. The van der Waals surface area contributed by atoms with Crippen molar-refractivity contribution in [1.82, 2.24) is 4.72 Å². The Morgan fingerprint density at radius 2 is 2.11 bits per heavy atom. The lowest BCUT2D eigenvalue weighted by Gasteiger charge is -2.09. The molecule has 0 spiro atoms. The normalized spacial score (nSPS) is 11.4. The van der Waals surface area contributed by atoms with Crippen molar-refractivity contribution in [2.75, 3.05) is 6.54 Å². The molecule has 1 aromatic rings. The summed E-state index contributed by atoms with van der Waals surface area (Å²) in [5.41, 5.74) is 0.477. The first kappa shape index (κ1) is 14.9. The van der Waals surface area contributed by atoms with Crippen molar-refractivity contribution in [3.05, 3.63) is 28.8 Å². The maximum atomic E-state index is 11.9. The van der Waals surface area contributed by atoms with E-state index in [0.717, 1.165) is 0 Å². The molecule has 0 fully saturated rings. The average molecular weight is 292 g/mol. The zero-order chi connectivity index (χ0) is 13.8. The third-order valence-electron chi connectivity index (χ3n) is 2.37. The SMILES string of the molecule is Cc1c(Cl)cccc1S(=O)(=O)NCCCC(=O)O. The standard InChI is InChI=1S/C11H14ClNO4S/c1-8-9(12)4-2-5-10(8)18(16,17)13-7-3-6-11(14)15/h2,4-5,13H,3,6-7H2,1H3,(H,14,15). The third kappa shape index (κ3) is 3.97. The number of nitrogens with one attached hydrogen (secondary N) is 1. The summed E-state index contributed by atoms with van der Waals surface area (Å²) in [4.78, 5) is 10.4. The quantitative estimate of drug-likeness (QED) is 0.783. The van der Waals surface area contributed by atoms with Crippen molar-refractivity contribution in [2.45, 2.75) is 24.7 Å². The number of aliphatic carboxylic acids is 1. The first-order chi connectivity index (χ1) is 8.34. The summed E-state index contributed by atoms with van der Waals surface area (Å²) in [7, 11) is -3.64. The number of carboxylic acids is 1. The number of benzene rings is 1. The van der Waals surface area contributed by atoms with Crippen LogP contribution in [-0.2, 0) is 14.8 Å². The Kier molecular flexibility index (Phi) is 5.13. The molecule has 0 aliphatic carbocycles. The predicted octanol–water partition coefficient (Wildman–Crippen LogP) is 1.79. The monoisotopic (exact) mass is 291 g/mol. The van der Waals surface area contributed by atoms with Crippen LogP contribution in [0, 0.1) is 6.92 Å². The number of hydrogen-bond acceptors (Lipinski definition) is 3. The summed E-state index contributed by atoms with van der Waals surface area (Å²) in [5.74, 6) is -0.951. The maximum absolute atomic E-state index is 11.9. The van der Waals surface area contributed by atoms with E-state index < -0.39 is 16.0 Å². The molecule has 5 nitrogen and oxygen atoms in total. The topological polar surface area (TPSA) is 83.5 Å². The molecule has 18 heavy (non-hydrogen) atoms. The van der Waals surface area contributed by atoms with Gasteiger partial charge in [-0.25, -0.2) is 13.1 Å². The fourth-order valence-corrected chi connectivity index (χ4v) is 2.97. The van der Waals surface area contributed by atoms with Crippen LogP contribution in [-0.4, -0.2) is 26.0 Å². The van der Waals surface area contributed by atoms with Crippen LogP contribution in [0.4, 0.5) is 0 Å². The minimum absolute atomic E-state index is 0.0724. The van der Waals surface area contributed by atoms with E-state index in [-0.39, 0.29) is 24.3 Å². The van der Waals surface area contributed by atoms with Crippen molar-refractivity contribution in [1.29, 1.82) is 0 Å². The lowest BCUT2D eigenvalue weighted by molar-refractivity contribution is -0.137. The van der Waals surface area contributed by atoms with Crippen molar-refractivity contribution in [3.8, 4) is 0 Å². The van der Waals surface area contributed by atoms with E-state index in [1.165, 1.54) is 6.07 Å². The van der Waals surface area contributed by atoms with Gasteiger partial charge in [0.1, 0.15) is 0 Å². The van der Waals surface area contributed by atoms with E-state index in [1.54, 1.807) is 19.1 Å². The number of carboxylic acid groups (broad SMARTS) is 1. The van der Waals surface area contributed by atoms with Gasteiger partial charge in [0.15, 0.2) is 0 Å². The molecule has 0 heterocycles. The molecule has 100 valence electrons. The number of hydrogen-bond donors (Lipinski definition) is 2. The molecule has 1 rings (SSSR count). The smallest absolute Gasteiger partial charge is 0.303 e. The van der Waals surface area contributed by atoms with Gasteiger partial charge in [-0.2, -0.15) is 0 Å². The second kappa shape index (κ2) is 6.17. The predicted molar refractivity (Wildman–Crippen MR) is 68.2 cm³/mol. The number of rotatable bonds is 6. The number of halogens is 1. The Morgan fingerprint density at radius 3 is 2.72 bits per heavy atom. The van der Waals surface area contributed by atoms with Gasteiger partial charge in [0, 0.05) is 18.0 Å². The molecule has 0 aromatic heterocycles. The molecule has 1 aromatic carbocycles. The summed E-state index contributed by atoms with van der Waals surface area (Å²) in [5, 5.41) is 8.82. The summed E-state index contributed by atoms with van der Waals surface area (Å²) in [6, 6.07) is 4.63. The van der Waals surface area contributed by atoms with Crippen LogP contribution in [0.2, 0.25) is 5.02 Å². The van der Waals surface area contributed by atoms with E-state index >= 15 is 0 Å². The second-order valence-corrected chi connectivity index (χ2v) is 5.90. The zero-order valence-corrected chi connectivity index (χ0v) is 11.4. The van der Waals surface area contributed by atoms with Crippen LogP contribution >= 0.6 is 11.6 Å². The maximum Gasteiger partial charge on any atom is 0.303 e. The first-order valence-electron chi connectivity index (χ1n) is 5.31. The zero-order valence-electron chi connectivity index (χ0n) is 9.81. The highest BCUT2D eigenvalue weighted by Gasteiger charge is 2.17. The van der Waals surface area contributed by atoms with Gasteiger partial charge < -0.3 is 5.11 Å². The minimum atomic E-state index is -3.64. The fourth-order valence-electron chi connectivity index (χ4n) is 1.40. The minimum Gasteiger partial charge on any atom is -0.481 e. The lowest BCUT2D eigenvalue weighted by atomic mass is 10.2. The molecule has 0 amide bonds. The van der Waals surface area contributed by atoms with Crippen LogP contribution in [0.1, 0.15) is 18.4 Å². The second-order valence-electron chi connectivity index (χ2n) is 3.76. The molecule has 2 N–H and O–H groups in total. The highest BCUT2D eigenvalue weighted by Crippen LogP contribution is 2.22. The van der Waals surface area contributed by atoms with Crippen LogP contribution in [0.3, 0.4) is 0 Å². The highest BCUT2D eigenvalue weighted by atomic mass is 35.5. The van der Waals surface area contributed by atoms with Gasteiger partial charge in [-0.3, -0.25) is 4.79 Å². The largest absolute Gasteiger partial charge is 0.481 e. The molecule has 0 aliphatic heterocycles. The molecule has 7 heteroatoms. The average Bonchev–Trinajstić information content (AvgIpc) is 2.28. The summed E-state index contributed by atoms with van der Waals surface area (Å²) in [6.45, 7) is 1.70. The van der Waals surface area contributed by atoms with Crippen LogP contribution in [0.5, 0.6) is 0 Å². The van der Waals surface area contributed by atoms with Crippen molar-refractivity contribution in [2.24, 2.45) is 0 Å². The Hall–Kier alpha value is -1.11. The fraction of sp³-hybridized carbons (Fsp3) is 0.364. The van der Waals surface area contributed by atoms with Crippen molar-refractivity contribution < 1.29 is 18.3 Å². The van der Waals surface area contributed by atoms with Gasteiger partial charge in [-0.05, 0) is 31.0 Å². The Bertz CT molecular complexity index is 542. The molecule has 0 radical (unpaired) electrons. The Morgan fingerprint density at radius 1 is 1.44 bits per heavy atom. The lowest BCUT2D eigenvalue weighted by Crippen LogP contribution is -2.26. The third-order valence-corrected chi connectivity index (χ3v) is 4.38. The molecular formula is C11H14ClNO4S. The van der Waals surface area contributed by atoms with Gasteiger partial charge in [-0.1, -0.05) is 17.7 Å². The van der Waals surface area contributed by atoms with Gasteiger partial charge in [0.25, 0.3) is 0 Å². The molecule has 0 bridgehead atoms. The molecular weight excluding hydrogens is 278 g/mol. The van der Waals surface area contributed by atoms with Crippen LogP contribution < -0.4 is 4.72 Å².